The van der Waals surface area contributed by atoms with Gasteiger partial charge in [-0.25, -0.2) is 9.37 Å². The molecule has 21 heavy (non-hydrogen) atoms. The van der Waals surface area contributed by atoms with Crippen LogP contribution in [0.1, 0.15) is 23.9 Å². The Labute approximate surface area is 123 Å². The Kier molecular flexibility index (Phi) is 3.71. The summed E-state index contributed by atoms with van der Waals surface area (Å²) < 4.78 is 15.2. The molecule has 0 spiro atoms. The molecule has 2 aromatic carbocycles. The SMILES string of the molecule is Cn1c(C(N)CCc2ccccc2)nc2cc(F)ccc21. The first-order valence-corrected chi connectivity index (χ1v) is 7.06. The van der Waals surface area contributed by atoms with E-state index in [-0.39, 0.29) is 11.9 Å². The summed E-state index contributed by atoms with van der Waals surface area (Å²) in [5.41, 5.74) is 9.09. The number of hydrogen-bond acceptors (Lipinski definition) is 2. The van der Waals surface area contributed by atoms with Crippen LogP contribution in [-0.2, 0) is 13.5 Å². The number of fused-ring (bicyclic) bond motifs is 1. The molecule has 1 heterocycles. The molecule has 1 aromatic heterocycles. The van der Waals surface area contributed by atoms with Crippen LogP contribution in [0.2, 0.25) is 0 Å². The van der Waals surface area contributed by atoms with Crippen molar-refractivity contribution >= 4 is 11.0 Å². The van der Waals surface area contributed by atoms with Crippen molar-refractivity contribution in [3.8, 4) is 0 Å². The van der Waals surface area contributed by atoms with Crippen LogP contribution in [0.15, 0.2) is 48.5 Å². The van der Waals surface area contributed by atoms with Gasteiger partial charge >= 0.3 is 0 Å². The van der Waals surface area contributed by atoms with Crippen molar-refractivity contribution < 1.29 is 4.39 Å². The van der Waals surface area contributed by atoms with Gasteiger partial charge in [-0.1, -0.05) is 30.3 Å². The molecule has 1 unspecified atom stereocenters. The quantitative estimate of drug-likeness (QED) is 0.798. The summed E-state index contributed by atoms with van der Waals surface area (Å²) >= 11 is 0. The standard InChI is InChI=1S/C17H18FN3/c1-21-16-10-8-13(18)11-15(16)20-17(21)14(19)9-7-12-5-3-2-4-6-12/h2-6,8,10-11,14H,7,9,19H2,1H3. The Hall–Kier alpha value is -2.20. The second-order valence-electron chi connectivity index (χ2n) is 5.29. The highest BCUT2D eigenvalue weighted by molar-refractivity contribution is 5.76. The van der Waals surface area contributed by atoms with Crippen molar-refractivity contribution in [2.24, 2.45) is 12.8 Å². The van der Waals surface area contributed by atoms with Gasteiger partial charge < -0.3 is 10.3 Å². The molecule has 0 aliphatic rings. The monoisotopic (exact) mass is 283 g/mol. The maximum absolute atomic E-state index is 13.3. The molecule has 0 saturated heterocycles. The summed E-state index contributed by atoms with van der Waals surface area (Å²) in [5.74, 6) is 0.525. The highest BCUT2D eigenvalue weighted by atomic mass is 19.1. The van der Waals surface area contributed by atoms with E-state index < -0.39 is 0 Å². The highest BCUT2D eigenvalue weighted by Gasteiger charge is 2.15. The van der Waals surface area contributed by atoms with Crippen molar-refractivity contribution in [1.29, 1.82) is 0 Å². The minimum absolute atomic E-state index is 0.161. The lowest BCUT2D eigenvalue weighted by Gasteiger charge is -2.11. The van der Waals surface area contributed by atoms with E-state index >= 15 is 0 Å². The van der Waals surface area contributed by atoms with Gasteiger partial charge in [0, 0.05) is 13.1 Å². The van der Waals surface area contributed by atoms with Gasteiger partial charge in [-0.2, -0.15) is 0 Å². The van der Waals surface area contributed by atoms with Gasteiger partial charge in [0.2, 0.25) is 0 Å². The van der Waals surface area contributed by atoms with E-state index in [0.29, 0.717) is 5.52 Å². The first kappa shape index (κ1) is 13.8. The molecule has 3 rings (SSSR count). The molecule has 3 nitrogen and oxygen atoms in total. The maximum atomic E-state index is 13.3. The van der Waals surface area contributed by atoms with Crippen LogP contribution in [0, 0.1) is 5.82 Å². The summed E-state index contributed by atoms with van der Waals surface area (Å²) in [6.07, 6.45) is 1.71. The number of nitrogens with two attached hydrogens (primary N) is 1. The summed E-state index contributed by atoms with van der Waals surface area (Å²) in [6, 6.07) is 14.7. The zero-order valence-electron chi connectivity index (χ0n) is 12.0. The largest absolute Gasteiger partial charge is 0.330 e. The summed E-state index contributed by atoms with van der Waals surface area (Å²) in [7, 11) is 1.92. The van der Waals surface area contributed by atoms with E-state index in [2.05, 4.69) is 17.1 Å². The molecule has 0 bridgehead atoms. The fourth-order valence-electron chi connectivity index (χ4n) is 2.62. The zero-order valence-corrected chi connectivity index (χ0v) is 12.0. The molecule has 3 aromatic rings. The third-order valence-corrected chi connectivity index (χ3v) is 3.80. The third-order valence-electron chi connectivity index (χ3n) is 3.80. The van der Waals surface area contributed by atoms with Crippen LogP contribution in [0.25, 0.3) is 11.0 Å². The predicted octanol–water partition coefficient (Wildman–Crippen LogP) is 3.35. The lowest BCUT2D eigenvalue weighted by Crippen LogP contribution is -2.16. The maximum Gasteiger partial charge on any atom is 0.126 e. The smallest absolute Gasteiger partial charge is 0.126 e. The van der Waals surface area contributed by atoms with Crippen LogP contribution in [-0.4, -0.2) is 9.55 Å². The number of imidazole rings is 1. The van der Waals surface area contributed by atoms with Gasteiger partial charge in [0.25, 0.3) is 0 Å². The molecule has 0 aliphatic heterocycles. The predicted molar refractivity (Wildman–Crippen MR) is 82.4 cm³/mol. The van der Waals surface area contributed by atoms with Crippen LogP contribution < -0.4 is 5.73 Å². The molecule has 2 N–H and O–H groups in total. The van der Waals surface area contributed by atoms with Crippen LogP contribution in [0.5, 0.6) is 0 Å². The number of rotatable bonds is 4. The Morgan fingerprint density at radius 2 is 1.95 bits per heavy atom. The normalized spacial score (nSPS) is 12.7. The molecule has 108 valence electrons. The summed E-state index contributed by atoms with van der Waals surface area (Å²) in [4.78, 5) is 4.48. The van der Waals surface area contributed by atoms with Crippen LogP contribution in [0.3, 0.4) is 0 Å². The lowest BCUT2D eigenvalue weighted by atomic mass is 10.1. The first-order chi connectivity index (χ1) is 10.1. The van der Waals surface area contributed by atoms with Crippen molar-refractivity contribution in [2.75, 3.05) is 0 Å². The van der Waals surface area contributed by atoms with E-state index in [1.54, 1.807) is 6.07 Å². The fourth-order valence-corrected chi connectivity index (χ4v) is 2.62. The van der Waals surface area contributed by atoms with Crippen molar-refractivity contribution in [1.82, 2.24) is 9.55 Å². The minimum atomic E-state index is -0.273. The van der Waals surface area contributed by atoms with Gasteiger partial charge in [0.05, 0.1) is 17.1 Å². The van der Waals surface area contributed by atoms with Gasteiger partial charge in [-0.3, -0.25) is 0 Å². The molecule has 1 atom stereocenters. The molecule has 0 amide bonds. The number of aromatic nitrogens is 2. The van der Waals surface area contributed by atoms with E-state index in [1.807, 2.05) is 29.8 Å². The third kappa shape index (κ3) is 2.81. The van der Waals surface area contributed by atoms with Crippen LogP contribution in [0.4, 0.5) is 4.39 Å². The summed E-state index contributed by atoms with van der Waals surface area (Å²) in [6.45, 7) is 0. The molecule has 0 radical (unpaired) electrons. The van der Waals surface area contributed by atoms with E-state index in [9.17, 15) is 4.39 Å². The number of benzene rings is 2. The van der Waals surface area contributed by atoms with Crippen molar-refractivity contribution in [2.45, 2.75) is 18.9 Å². The highest BCUT2D eigenvalue weighted by Crippen LogP contribution is 2.22. The van der Waals surface area contributed by atoms with E-state index in [0.717, 1.165) is 24.2 Å². The number of hydrogen-bond donors (Lipinski definition) is 1. The Balaban J connectivity index is 1.81. The van der Waals surface area contributed by atoms with Crippen molar-refractivity contribution in [3.63, 3.8) is 0 Å². The second kappa shape index (κ2) is 5.66. The Bertz CT molecular complexity index is 749. The fraction of sp³-hybridized carbons (Fsp3) is 0.235. The summed E-state index contributed by atoms with van der Waals surface area (Å²) in [5, 5.41) is 0. The van der Waals surface area contributed by atoms with E-state index in [4.69, 9.17) is 5.73 Å². The number of halogens is 1. The molecule has 0 saturated carbocycles. The molecular formula is C17H18FN3. The van der Waals surface area contributed by atoms with Gasteiger partial charge in [-0.05, 0) is 30.5 Å². The molecular weight excluding hydrogens is 265 g/mol. The van der Waals surface area contributed by atoms with E-state index in [1.165, 1.54) is 17.7 Å². The number of aryl methyl sites for hydroxylation is 2. The zero-order chi connectivity index (χ0) is 14.8. The van der Waals surface area contributed by atoms with Gasteiger partial charge in [0.1, 0.15) is 11.6 Å². The Morgan fingerprint density at radius 1 is 1.19 bits per heavy atom. The van der Waals surface area contributed by atoms with Gasteiger partial charge in [0.15, 0.2) is 0 Å². The second-order valence-corrected chi connectivity index (χ2v) is 5.29. The van der Waals surface area contributed by atoms with Gasteiger partial charge in [-0.15, -0.1) is 0 Å². The molecule has 4 heteroatoms. The molecule has 0 aliphatic carbocycles. The van der Waals surface area contributed by atoms with Crippen LogP contribution >= 0.6 is 0 Å². The number of nitrogens with zero attached hydrogens (tertiary/aromatic N) is 2. The first-order valence-electron chi connectivity index (χ1n) is 7.06. The topological polar surface area (TPSA) is 43.8 Å². The lowest BCUT2D eigenvalue weighted by molar-refractivity contribution is 0.592. The van der Waals surface area contributed by atoms with Crippen molar-refractivity contribution in [3.05, 3.63) is 65.7 Å². The average molecular weight is 283 g/mol. The minimum Gasteiger partial charge on any atom is -0.330 e. The average Bonchev–Trinajstić information content (AvgIpc) is 2.82. The Morgan fingerprint density at radius 3 is 2.71 bits per heavy atom. The molecule has 0 fully saturated rings.